The van der Waals surface area contributed by atoms with Crippen molar-refractivity contribution in [1.82, 2.24) is 5.32 Å². The first-order chi connectivity index (χ1) is 10.7. The van der Waals surface area contributed by atoms with E-state index in [1.54, 1.807) is 11.3 Å². The van der Waals surface area contributed by atoms with Gasteiger partial charge in [-0.3, -0.25) is 0 Å². The van der Waals surface area contributed by atoms with Gasteiger partial charge in [0.2, 0.25) is 0 Å². The summed E-state index contributed by atoms with van der Waals surface area (Å²) in [6.07, 6.45) is 0.963. The van der Waals surface area contributed by atoms with Crippen LogP contribution in [-0.2, 0) is 11.2 Å². The van der Waals surface area contributed by atoms with Crippen molar-refractivity contribution in [2.45, 2.75) is 19.4 Å². The Morgan fingerprint density at radius 3 is 2.59 bits per heavy atom. The van der Waals surface area contributed by atoms with Crippen molar-refractivity contribution in [1.29, 1.82) is 0 Å². The summed E-state index contributed by atoms with van der Waals surface area (Å²) in [5, 5.41) is 15.4. The van der Waals surface area contributed by atoms with Crippen LogP contribution in [0.25, 0.3) is 0 Å². The zero-order chi connectivity index (χ0) is 15.4. The number of aryl methyl sites for hydroxylation is 1. The van der Waals surface area contributed by atoms with E-state index in [2.05, 4.69) is 54.0 Å². The minimum atomic E-state index is -0.0971. The molecule has 1 unspecified atom stereocenters. The van der Waals surface area contributed by atoms with Gasteiger partial charge in [0.15, 0.2) is 0 Å². The maximum absolute atomic E-state index is 9.61. The van der Waals surface area contributed by atoms with Gasteiger partial charge in [-0.05, 0) is 35.9 Å². The standard InChI is InChI=1S/C18H23NO2S/c1-14-7-8-22-17(14)16(9-15-5-3-2-4-6-15)19-10-18(11-20)12-21-13-18/h2-8,16,19-20H,9-13H2,1H3. The first-order valence-electron chi connectivity index (χ1n) is 7.72. The number of rotatable bonds is 7. The molecule has 1 aliphatic rings. The van der Waals surface area contributed by atoms with Gasteiger partial charge in [0, 0.05) is 17.5 Å². The van der Waals surface area contributed by atoms with Crippen molar-refractivity contribution in [2.24, 2.45) is 5.41 Å². The topological polar surface area (TPSA) is 41.5 Å². The van der Waals surface area contributed by atoms with Gasteiger partial charge >= 0.3 is 0 Å². The Bertz CT molecular complexity index is 587. The highest BCUT2D eigenvalue weighted by atomic mass is 32.1. The molecule has 0 amide bonds. The molecule has 118 valence electrons. The molecule has 3 nitrogen and oxygen atoms in total. The molecule has 1 aromatic carbocycles. The number of aliphatic hydroxyl groups is 1. The summed E-state index contributed by atoms with van der Waals surface area (Å²) in [6.45, 7) is 4.44. The third-order valence-corrected chi connectivity index (χ3v) is 5.51. The Hall–Kier alpha value is -1.20. The van der Waals surface area contributed by atoms with Crippen LogP contribution in [0.15, 0.2) is 41.8 Å². The van der Waals surface area contributed by atoms with Crippen LogP contribution in [0.2, 0.25) is 0 Å². The lowest BCUT2D eigenvalue weighted by Gasteiger charge is -2.41. The highest BCUT2D eigenvalue weighted by Gasteiger charge is 2.38. The van der Waals surface area contributed by atoms with Gasteiger partial charge in [0.25, 0.3) is 0 Å². The molecule has 4 heteroatoms. The fourth-order valence-electron chi connectivity index (χ4n) is 2.83. The average molecular weight is 317 g/mol. The van der Waals surface area contributed by atoms with Crippen molar-refractivity contribution in [3.05, 3.63) is 57.8 Å². The van der Waals surface area contributed by atoms with Crippen LogP contribution in [-0.4, -0.2) is 31.5 Å². The first kappa shape index (κ1) is 15.7. The van der Waals surface area contributed by atoms with Crippen LogP contribution < -0.4 is 5.32 Å². The fourth-order valence-corrected chi connectivity index (χ4v) is 3.83. The molecule has 0 spiro atoms. The summed E-state index contributed by atoms with van der Waals surface area (Å²) in [4.78, 5) is 1.39. The van der Waals surface area contributed by atoms with E-state index in [1.165, 1.54) is 16.0 Å². The minimum Gasteiger partial charge on any atom is -0.396 e. The predicted octanol–water partition coefficient (Wildman–Crippen LogP) is 2.94. The van der Waals surface area contributed by atoms with Gasteiger partial charge in [0.1, 0.15) is 0 Å². The monoisotopic (exact) mass is 317 g/mol. The Balaban J connectivity index is 1.73. The van der Waals surface area contributed by atoms with Crippen molar-refractivity contribution in [3.63, 3.8) is 0 Å². The van der Waals surface area contributed by atoms with E-state index in [4.69, 9.17) is 4.74 Å². The summed E-state index contributed by atoms with van der Waals surface area (Å²) >= 11 is 1.80. The number of ether oxygens (including phenoxy) is 1. The number of hydrogen-bond acceptors (Lipinski definition) is 4. The van der Waals surface area contributed by atoms with E-state index < -0.39 is 0 Å². The Kier molecular flexibility index (Phi) is 4.93. The number of hydrogen-bond donors (Lipinski definition) is 2. The molecular formula is C18H23NO2S. The molecule has 1 aliphatic heterocycles. The van der Waals surface area contributed by atoms with Gasteiger partial charge in [-0.2, -0.15) is 0 Å². The Labute approximate surface area is 136 Å². The van der Waals surface area contributed by atoms with Crippen LogP contribution >= 0.6 is 11.3 Å². The maximum atomic E-state index is 9.61. The van der Waals surface area contributed by atoms with E-state index in [-0.39, 0.29) is 18.1 Å². The fraction of sp³-hybridized carbons (Fsp3) is 0.444. The lowest BCUT2D eigenvalue weighted by Crippen LogP contribution is -2.52. The highest BCUT2D eigenvalue weighted by Crippen LogP contribution is 2.30. The third kappa shape index (κ3) is 3.41. The second-order valence-electron chi connectivity index (χ2n) is 6.24. The molecule has 0 saturated carbocycles. The van der Waals surface area contributed by atoms with Crippen LogP contribution in [0, 0.1) is 12.3 Å². The maximum Gasteiger partial charge on any atom is 0.0579 e. The van der Waals surface area contributed by atoms with Crippen molar-refractivity contribution in [3.8, 4) is 0 Å². The Morgan fingerprint density at radius 2 is 2.05 bits per heavy atom. The molecule has 2 N–H and O–H groups in total. The smallest absolute Gasteiger partial charge is 0.0579 e. The van der Waals surface area contributed by atoms with Gasteiger partial charge in [0.05, 0.1) is 25.2 Å². The zero-order valence-corrected chi connectivity index (χ0v) is 13.7. The molecule has 1 fully saturated rings. The van der Waals surface area contributed by atoms with Crippen molar-refractivity contribution >= 4 is 11.3 Å². The molecule has 0 bridgehead atoms. The minimum absolute atomic E-state index is 0.0971. The molecule has 22 heavy (non-hydrogen) atoms. The summed E-state index contributed by atoms with van der Waals surface area (Å²) < 4.78 is 5.30. The van der Waals surface area contributed by atoms with E-state index in [1.807, 2.05) is 0 Å². The SMILES string of the molecule is Cc1ccsc1C(Cc1ccccc1)NCC1(CO)COC1. The summed E-state index contributed by atoms with van der Waals surface area (Å²) in [5.41, 5.74) is 2.57. The van der Waals surface area contributed by atoms with Crippen LogP contribution in [0.4, 0.5) is 0 Å². The summed E-state index contributed by atoms with van der Waals surface area (Å²) in [5.74, 6) is 0. The molecular weight excluding hydrogens is 294 g/mol. The first-order valence-corrected chi connectivity index (χ1v) is 8.60. The van der Waals surface area contributed by atoms with Crippen molar-refractivity contribution < 1.29 is 9.84 Å². The van der Waals surface area contributed by atoms with Gasteiger partial charge in [-0.25, -0.2) is 0 Å². The van der Waals surface area contributed by atoms with E-state index in [9.17, 15) is 5.11 Å². The van der Waals surface area contributed by atoms with Gasteiger partial charge in [-0.15, -0.1) is 11.3 Å². The van der Waals surface area contributed by atoms with Crippen LogP contribution in [0.3, 0.4) is 0 Å². The lowest BCUT2D eigenvalue weighted by atomic mass is 9.86. The van der Waals surface area contributed by atoms with Gasteiger partial charge in [-0.1, -0.05) is 30.3 Å². The van der Waals surface area contributed by atoms with Crippen LogP contribution in [0.5, 0.6) is 0 Å². The quantitative estimate of drug-likeness (QED) is 0.825. The third-order valence-electron chi connectivity index (χ3n) is 4.38. The largest absolute Gasteiger partial charge is 0.396 e. The highest BCUT2D eigenvalue weighted by molar-refractivity contribution is 7.10. The summed E-state index contributed by atoms with van der Waals surface area (Å²) in [7, 11) is 0. The molecule has 2 aromatic rings. The number of benzene rings is 1. The second kappa shape index (κ2) is 6.92. The number of aliphatic hydroxyl groups excluding tert-OH is 1. The van der Waals surface area contributed by atoms with E-state index >= 15 is 0 Å². The molecule has 3 rings (SSSR count). The molecule has 0 radical (unpaired) electrons. The normalized spacial score (nSPS) is 17.9. The van der Waals surface area contributed by atoms with E-state index in [0.29, 0.717) is 13.2 Å². The molecule has 2 heterocycles. The average Bonchev–Trinajstić information content (AvgIpc) is 2.92. The van der Waals surface area contributed by atoms with E-state index in [0.717, 1.165) is 13.0 Å². The van der Waals surface area contributed by atoms with Crippen molar-refractivity contribution in [2.75, 3.05) is 26.4 Å². The molecule has 1 atom stereocenters. The Morgan fingerprint density at radius 1 is 1.27 bits per heavy atom. The number of thiophene rings is 1. The zero-order valence-electron chi connectivity index (χ0n) is 12.9. The summed E-state index contributed by atoms with van der Waals surface area (Å²) in [6, 6.07) is 13.0. The lowest BCUT2D eigenvalue weighted by molar-refractivity contribution is -0.135. The molecule has 1 saturated heterocycles. The number of nitrogens with one attached hydrogen (secondary N) is 1. The second-order valence-corrected chi connectivity index (χ2v) is 7.19. The molecule has 1 aromatic heterocycles. The predicted molar refractivity (Wildman–Crippen MR) is 90.3 cm³/mol. The van der Waals surface area contributed by atoms with Gasteiger partial charge < -0.3 is 15.2 Å². The van der Waals surface area contributed by atoms with Crippen LogP contribution in [0.1, 0.15) is 22.0 Å². The molecule has 0 aliphatic carbocycles.